The van der Waals surface area contributed by atoms with E-state index in [-0.39, 0.29) is 11.3 Å². The Kier molecular flexibility index (Phi) is 6.54. The molecule has 1 fully saturated rings. The van der Waals surface area contributed by atoms with Crippen molar-refractivity contribution in [3.05, 3.63) is 72.5 Å². The second-order valence-corrected chi connectivity index (χ2v) is 8.53. The zero-order valence-electron chi connectivity index (χ0n) is 18.1. The van der Waals surface area contributed by atoms with E-state index in [4.69, 9.17) is 5.73 Å². The van der Waals surface area contributed by atoms with Gasteiger partial charge in [0.2, 0.25) is 6.41 Å². The lowest BCUT2D eigenvalue weighted by molar-refractivity contribution is -0.119. The first kappa shape index (κ1) is 21.6. The number of rotatable bonds is 4. The van der Waals surface area contributed by atoms with Gasteiger partial charge in [0.25, 0.3) is 5.91 Å². The number of nitrogens with zero attached hydrogens (tertiary/aromatic N) is 3. The molecule has 0 bridgehead atoms. The quantitative estimate of drug-likeness (QED) is 0.571. The third kappa shape index (κ3) is 4.99. The molecule has 2 aliphatic rings. The standard InChI is InChI=1S/C25H29N5O2/c26-21-7-3-4-8-22(21)28-24(32)20-9-10-23(27-17-20)30-15-12-25(13-16-30)11-5-1-2-6-14-29(18-25)19-31/h1-10,17,19H,11-16,18,26H2,(H,28,32)/b5-1-,6-2-. The van der Waals surface area contributed by atoms with Gasteiger partial charge in [-0.05, 0) is 48.9 Å². The fourth-order valence-corrected chi connectivity index (χ4v) is 4.40. The molecular weight excluding hydrogens is 402 g/mol. The molecule has 32 heavy (non-hydrogen) atoms. The van der Waals surface area contributed by atoms with Crippen LogP contribution in [-0.4, -0.2) is 48.4 Å². The molecule has 7 nitrogen and oxygen atoms in total. The van der Waals surface area contributed by atoms with E-state index in [0.717, 1.165) is 51.1 Å². The summed E-state index contributed by atoms with van der Waals surface area (Å²) >= 11 is 0. The monoisotopic (exact) mass is 431 g/mol. The average molecular weight is 432 g/mol. The molecule has 166 valence electrons. The van der Waals surface area contributed by atoms with Crippen LogP contribution in [0.1, 0.15) is 29.6 Å². The highest BCUT2D eigenvalue weighted by Crippen LogP contribution is 2.37. The van der Waals surface area contributed by atoms with Gasteiger partial charge >= 0.3 is 0 Å². The SMILES string of the molecule is Nc1ccccc1NC(=O)c1ccc(N2CCC3(C/C=C\C=C/CN(C=O)C3)CC2)nc1. The van der Waals surface area contributed by atoms with Gasteiger partial charge in [0.05, 0.1) is 16.9 Å². The van der Waals surface area contributed by atoms with Crippen LogP contribution in [0, 0.1) is 5.41 Å². The normalized spacial score (nSPS) is 20.0. The maximum Gasteiger partial charge on any atom is 0.257 e. The summed E-state index contributed by atoms with van der Waals surface area (Å²) in [6.07, 6.45) is 13.8. The number of amides is 2. The molecule has 3 heterocycles. The number of nitrogen functional groups attached to an aromatic ring is 1. The van der Waals surface area contributed by atoms with Crippen molar-refractivity contribution in [1.82, 2.24) is 9.88 Å². The molecule has 2 aliphatic heterocycles. The number of hydrogen-bond acceptors (Lipinski definition) is 5. The zero-order chi connectivity index (χ0) is 22.4. The topological polar surface area (TPSA) is 91.6 Å². The van der Waals surface area contributed by atoms with E-state index in [1.807, 2.05) is 35.3 Å². The molecule has 1 saturated heterocycles. The summed E-state index contributed by atoms with van der Waals surface area (Å²) in [4.78, 5) is 32.7. The Morgan fingerprint density at radius 2 is 1.88 bits per heavy atom. The lowest BCUT2D eigenvalue weighted by Crippen LogP contribution is -2.46. The number of carbonyl (C=O) groups is 2. The van der Waals surface area contributed by atoms with Crippen molar-refractivity contribution >= 4 is 29.5 Å². The molecule has 7 heteroatoms. The number of anilines is 3. The Bertz CT molecular complexity index is 1010. The van der Waals surface area contributed by atoms with Crippen LogP contribution in [0.15, 0.2) is 66.9 Å². The Labute approximate surface area is 188 Å². The average Bonchev–Trinajstić information content (AvgIpc) is 2.92. The molecule has 0 unspecified atom stereocenters. The van der Waals surface area contributed by atoms with Gasteiger partial charge in [-0.25, -0.2) is 4.98 Å². The third-order valence-electron chi connectivity index (χ3n) is 6.33. The van der Waals surface area contributed by atoms with Gasteiger partial charge < -0.3 is 20.9 Å². The number of hydrogen-bond donors (Lipinski definition) is 2. The molecule has 1 aromatic carbocycles. The van der Waals surface area contributed by atoms with Crippen molar-refractivity contribution in [3.63, 3.8) is 0 Å². The second-order valence-electron chi connectivity index (χ2n) is 8.53. The van der Waals surface area contributed by atoms with Crippen LogP contribution in [0.3, 0.4) is 0 Å². The van der Waals surface area contributed by atoms with Crippen molar-refractivity contribution in [1.29, 1.82) is 0 Å². The van der Waals surface area contributed by atoms with E-state index in [9.17, 15) is 9.59 Å². The van der Waals surface area contributed by atoms with Gasteiger partial charge in [-0.2, -0.15) is 0 Å². The summed E-state index contributed by atoms with van der Waals surface area (Å²) in [6, 6.07) is 10.9. The van der Waals surface area contributed by atoms with Crippen molar-refractivity contribution in [2.45, 2.75) is 19.3 Å². The first-order valence-electron chi connectivity index (χ1n) is 11.0. The van der Waals surface area contributed by atoms with Gasteiger partial charge in [0, 0.05) is 32.4 Å². The predicted octanol–water partition coefficient (Wildman–Crippen LogP) is 3.48. The number of nitrogens with one attached hydrogen (secondary N) is 1. The number of carbonyl (C=O) groups excluding carboxylic acids is 2. The smallest absolute Gasteiger partial charge is 0.257 e. The van der Waals surface area contributed by atoms with Crippen LogP contribution in [0.4, 0.5) is 17.2 Å². The summed E-state index contributed by atoms with van der Waals surface area (Å²) in [6.45, 7) is 3.16. The van der Waals surface area contributed by atoms with Crippen molar-refractivity contribution < 1.29 is 9.59 Å². The molecule has 0 aliphatic carbocycles. The molecule has 0 radical (unpaired) electrons. The second kappa shape index (κ2) is 9.68. The number of piperidine rings is 1. The van der Waals surface area contributed by atoms with Gasteiger partial charge in [-0.15, -0.1) is 0 Å². The fraction of sp³-hybridized carbons (Fsp3) is 0.320. The minimum atomic E-state index is -0.237. The van der Waals surface area contributed by atoms with Crippen LogP contribution in [-0.2, 0) is 4.79 Å². The maximum absolute atomic E-state index is 12.5. The molecule has 0 saturated carbocycles. The van der Waals surface area contributed by atoms with Crippen molar-refractivity contribution in [2.24, 2.45) is 5.41 Å². The zero-order valence-corrected chi connectivity index (χ0v) is 18.1. The van der Waals surface area contributed by atoms with Crippen LogP contribution < -0.4 is 16.0 Å². The van der Waals surface area contributed by atoms with Gasteiger partial charge in [0.1, 0.15) is 5.82 Å². The van der Waals surface area contributed by atoms with Gasteiger partial charge in [-0.1, -0.05) is 36.4 Å². The highest BCUT2D eigenvalue weighted by Gasteiger charge is 2.35. The van der Waals surface area contributed by atoms with Gasteiger partial charge in [-0.3, -0.25) is 9.59 Å². The van der Waals surface area contributed by atoms with E-state index >= 15 is 0 Å². The lowest BCUT2D eigenvalue weighted by Gasteiger charge is -2.43. The van der Waals surface area contributed by atoms with E-state index in [2.05, 4.69) is 27.4 Å². The summed E-state index contributed by atoms with van der Waals surface area (Å²) in [5.74, 6) is 0.627. The van der Waals surface area contributed by atoms with Crippen molar-refractivity contribution in [3.8, 4) is 0 Å². The van der Waals surface area contributed by atoms with Crippen molar-refractivity contribution in [2.75, 3.05) is 42.1 Å². The number of pyridine rings is 1. The molecular formula is C25H29N5O2. The first-order chi connectivity index (χ1) is 15.6. The minimum absolute atomic E-state index is 0.0926. The number of nitrogens with two attached hydrogens (primary N) is 1. The predicted molar refractivity (Wildman–Crippen MR) is 127 cm³/mol. The van der Waals surface area contributed by atoms with E-state index < -0.39 is 0 Å². The lowest BCUT2D eigenvalue weighted by atomic mass is 9.75. The third-order valence-corrected chi connectivity index (χ3v) is 6.33. The van der Waals surface area contributed by atoms with E-state index in [1.165, 1.54) is 0 Å². The Hall–Kier alpha value is -3.61. The number of allylic oxidation sites excluding steroid dienone is 3. The number of para-hydroxylation sites is 2. The van der Waals surface area contributed by atoms with E-state index in [1.54, 1.807) is 24.4 Å². The first-order valence-corrected chi connectivity index (χ1v) is 11.0. The summed E-state index contributed by atoms with van der Waals surface area (Å²) in [7, 11) is 0. The number of benzene rings is 1. The summed E-state index contributed by atoms with van der Waals surface area (Å²) in [5.41, 5.74) is 7.60. The molecule has 1 aromatic heterocycles. The Balaban J connectivity index is 1.39. The Morgan fingerprint density at radius 3 is 2.59 bits per heavy atom. The van der Waals surface area contributed by atoms with Crippen LogP contribution in [0.25, 0.3) is 0 Å². The molecule has 2 aromatic rings. The number of aromatic nitrogens is 1. The summed E-state index contributed by atoms with van der Waals surface area (Å²) in [5, 5.41) is 2.83. The minimum Gasteiger partial charge on any atom is -0.397 e. The molecule has 0 atom stereocenters. The van der Waals surface area contributed by atoms with E-state index in [0.29, 0.717) is 23.5 Å². The van der Waals surface area contributed by atoms with Gasteiger partial charge in [0.15, 0.2) is 0 Å². The molecule has 4 rings (SSSR count). The fourth-order valence-electron chi connectivity index (χ4n) is 4.40. The highest BCUT2D eigenvalue weighted by atomic mass is 16.1. The molecule has 3 N–H and O–H groups in total. The Morgan fingerprint density at radius 1 is 1.09 bits per heavy atom. The maximum atomic E-state index is 12.5. The highest BCUT2D eigenvalue weighted by molar-refractivity contribution is 6.05. The van der Waals surface area contributed by atoms with Crippen LogP contribution >= 0.6 is 0 Å². The summed E-state index contributed by atoms with van der Waals surface area (Å²) < 4.78 is 0. The van der Waals surface area contributed by atoms with Crippen LogP contribution in [0.5, 0.6) is 0 Å². The molecule has 1 spiro atoms. The van der Waals surface area contributed by atoms with Crippen LogP contribution in [0.2, 0.25) is 0 Å². The molecule has 2 amide bonds. The largest absolute Gasteiger partial charge is 0.397 e.